The average Bonchev–Trinajstić information content (AvgIpc) is 3.21. The first kappa shape index (κ1) is 15.2. The van der Waals surface area contributed by atoms with Crippen LogP contribution in [0.3, 0.4) is 0 Å². The van der Waals surface area contributed by atoms with Gasteiger partial charge in [-0.05, 0) is 51.0 Å². The molecule has 1 saturated carbocycles. The molecule has 0 radical (unpaired) electrons. The zero-order chi connectivity index (χ0) is 14.9. The van der Waals surface area contributed by atoms with Gasteiger partial charge in [0.1, 0.15) is 0 Å². The first-order valence-electron chi connectivity index (χ1n) is 8.07. The van der Waals surface area contributed by atoms with E-state index in [1.54, 1.807) is 4.31 Å². The minimum Gasteiger partial charge on any atom is -0.354 e. The summed E-state index contributed by atoms with van der Waals surface area (Å²) in [5, 5.41) is 6.04. The van der Waals surface area contributed by atoms with Crippen LogP contribution in [-0.4, -0.2) is 56.1 Å². The van der Waals surface area contributed by atoms with E-state index in [1.807, 2.05) is 0 Å². The van der Waals surface area contributed by atoms with Crippen molar-refractivity contribution in [1.29, 1.82) is 0 Å². The van der Waals surface area contributed by atoms with Crippen molar-refractivity contribution in [1.82, 2.24) is 14.9 Å². The first-order valence-corrected chi connectivity index (χ1v) is 9.58. The molecule has 3 rings (SSSR count). The molecule has 120 valence electrons. The summed E-state index contributed by atoms with van der Waals surface area (Å²) in [5.41, 5.74) is 0. The molecule has 0 spiro atoms. The normalized spacial score (nSPS) is 31.2. The van der Waals surface area contributed by atoms with Crippen LogP contribution in [0.15, 0.2) is 0 Å². The quantitative estimate of drug-likeness (QED) is 0.752. The molecule has 3 fully saturated rings. The molecule has 2 N–H and O–H groups in total. The molecule has 2 atom stereocenters. The molecule has 6 nitrogen and oxygen atoms in total. The Morgan fingerprint density at radius 3 is 2.67 bits per heavy atom. The number of rotatable bonds is 5. The standard InChI is InChI=1S/C14H25N3O3S/c18-14(13-4-1-7-15-13)16-9-11-3-2-8-17(10-11)21(19,20)12-5-6-12/h11-13,15H,1-10H2,(H,16,18). The number of carbonyl (C=O) groups is 1. The lowest BCUT2D eigenvalue weighted by Crippen LogP contribution is -2.47. The van der Waals surface area contributed by atoms with Crippen molar-refractivity contribution in [2.75, 3.05) is 26.2 Å². The predicted molar refractivity (Wildman–Crippen MR) is 80.3 cm³/mol. The number of sulfonamides is 1. The van der Waals surface area contributed by atoms with Gasteiger partial charge in [0, 0.05) is 19.6 Å². The van der Waals surface area contributed by atoms with Crippen molar-refractivity contribution in [3.05, 3.63) is 0 Å². The lowest BCUT2D eigenvalue weighted by atomic mass is 9.99. The molecule has 1 aliphatic carbocycles. The molecule has 2 unspecified atom stereocenters. The van der Waals surface area contributed by atoms with E-state index in [-0.39, 0.29) is 23.1 Å². The topological polar surface area (TPSA) is 78.5 Å². The minimum atomic E-state index is -3.07. The summed E-state index contributed by atoms with van der Waals surface area (Å²) < 4.78 is 26.2. The van der Waals surface area contributed by atoms with Gasteiger partial charge in [0.05, 0.1) is 11.3 Å². The number of piperidine rings is 1. The fourth-order valence-electron chi connectivity index (χ4n) is 3.28. The van der Waals surface area contributed by atoms with Gasteiger partial charge < -0.3 is 10.6 Å². The van der Waals surface area contributed by atoms with Crippen LogP contribution in [0.25, 0.3) is 0 Å². The summed E-state index contributed by atoms with van der Waals surface area (Å²) in [5.74, 6) is 0.312. The van der Waals surface area contributed by atoms with Crippen molar-refractivity contribution < 1.29 is 13.2 Å². The Bertz CT molecular complexity index is 484. The molecule has 3 aliphatic rings. The molecule has 7 heteroatoms. The lowest BCUT2D eigenvalue weighted by Gasteiger charge is -2.32. The maximum absolute atomic E-state index is 12.3. The van der Waals surface area contributed by atoms with Crippen molar-refractivity contribution in [2.24, 2.45) is 5.92 Å². The van der Waals surface area contributed by atoms with Crippen molar-refractivity contribution >= 4 is 15.9 Å². The van der Waals surface area contributed by atoms with Gasteiger partial charge in [-0.2, -0.15) is 0 Å². The molecule has 0 aromatic carbocycles. The molecule has 0 aromatic heterocycles. The highest BCUT2D eigenvalue weighted by Gasteiger charge is 2.41. The van der Waals surface area contributed by atoms with Crippen LogP contribution in [-0.2, 0) is 14.8 Å². The van der Waals surface area contributed by atoms with Gasteiger partial charge in [-0.15, -0.1) is 0 Å². The number of amides is 1. The van der Waals surface area contributed by atoms with Gasteiger partial charge in [-0.1, -0.05) is 0 Å². The summed E-state index contributed by atoms with van der Waals surface area (Å²) in [6.07, 6.45) is 5.47. The van der Waals surface area contributed by atoms with Crippen molar-refractivity contribution in [3.8, 4) is 0 Å². The zero-order valence-electron chi connectivity index (χ0n) is 12.4. The minimum absolute atomic E-state index is 0.0557. The van der Waals surface area contributed by atoms with Crippen LogP contribution in [0.1, 0.15) is 38.5 Å². The van der Waals surface area contributed by atoms with E-state index in [0.29, 0.717) is 19.6 Å². The van der Waals surface area contributed by atoms with Gasteiger partial charge in [0.15, 0.2) is 0 Å². The Morgan fingerprint density at radius 2 is 2.00 bits per heavy atom. The van der Waals surface area contributed by atoms with Gasteiger partial charge in [-0.3, -0.25) is 4.79 Å². The number of hydrogen-bond acceptors (Lipinski definition) is 4. The number of nitrogens with zero attached hydrogens (tertiary/aromatic N) is 1. The molecule has 1 amide bonds. The number of carbonyl (C=O) groups excluding carboxylic acids is 1. The second-order valence-corrected chi connectivity index (χ2v) is 8.72. The summed E-state index contributed by atoms with van der Waals surface area (Å²) in [6, 6.07) is -0.0557. The Kier molecular flexibility index (Phi) is 4.51. The molecule has 0 aromatic rings. The largest absolute Gasteiger partial charge is 0.354 e. The van der Waals surface area contributed by atoms with Crippen LogP contribution in [0.2, 0.25) is 0 Å². The highest BCUT2D eigenvalue weighted by molar-refractivity contribution is 7.90. The van der Waals surface area contributed by atoms with Crippen LogP contribution >= 0.6 is 0 Å². The van der Waals surface area contributed by atoms with Gasteiger partial charge >= 0.3 is 0 Å². The van der Waals surface area contributed by atoms with Gasteiger partial charge in [0.25, 0.3) is 0 Å². The highest BCUT2D eigenvalue weighted by atomic mass is 32.2. The Morgan fingerprint density at radius 1 is 1.19 bits per heavy atom. The second-order valence-electron chi connectivity index (χ2n) is 6.50. The number of hydrogen-bond donors (Lipinski definition) is 2. The van der Waals surface area contributed by atoms with E-state index < -0.39 is 10.0 Å². The predicted octanol–water partition coefficient (Wildman–Crippen LogP) is 0.0588. The van der Waals surface area contributed by atoms with Crippen molar-refractivity contribution in [2.45, 2.75) is 49.8 Å². The van der Waals surface area contributed by atoms with Gasteiger partial charge in [-0.25, -0.2) is 12.7 Å². The molecule has 2 saturated heterocycles. The third-order valence-corrected chi connectivity index (χ3v) is 7.09. The van der Waals surface area contributed by atoms with Crippen molar-refractivity contribution in [3.63, 3.8) is 0 Å². The van der Waals surface area contributed by atoms with Crippen LogP contribution in [0, 0.1) is 5.92 Å². The van der Waals surface area contributed by atoms with Crippen LogP contribution in [0.5, 0.6) is 0 Å². The smallest absolute Gasteiger partial charge is 0.237 e. The number of nitrogens with one attached hydrogen (secondary N) is 2. The summed E-state index contributed by atoms with van der Waals surface area (Å²) in [4.78, 5) is 12.0. The van der Waals surface area contributed by atoms with E-state index >= 15 is 0 Å². The summed E-state index contributed by atoms with van der Waals surface area (Å²) in [6.45, 7) is 2.72. The van der Waals surface area contributed by atoms with E-state index in [0.717, 1.165) is 45.1 Å². The summed E-state index contributed by atoms with van der Waals surface area (Å²) in [7, 11) is -3.07. The summed E-state index contributed by atoms with van der Waals surface area (Å²) >= 11 is 0. The second kappa shape index (κ2) is 6.22. The molecule has 2 aliphatic heterocycles. The Labute approximate surface area is 126 Å². The Hall–Kier alpha value is -0.660. The van der Waals surface area contributed by atoms with Crippen LogP contribution < -0.4 is 10.6 Å². The third kappa shape index (κ3) is 3.57. The molecular formula is C14H25N3O3S. The fourth-order valence-corrected chi connectivity index (χ4v) is 5.23. The fraction of sp³-hybridized carbons (Fsp3) is 0.929. The molecule has 0 bridgehead atoms. The highest BCUT2D eigenvalue weighted by Crippen LogP contribution is 2.33. The SMILES string of the molecule is O=C(NCC1CCCN(S(=O)(=O)C2CC2)C1)C1CCCN1. The average molecular weight is 315 g/mol. The van der Waals surface area contributed by atoms with Gasteiger partial charge in [0.2, 0.25) is 15.9 Å². The van der Waals surface area contributed by atoms with E-state index in [4.69, 9.17) is 0 Å². The molecule has 2 heterocycles. The maximum atomic E-state index is 12.3. The zero-order valence-corrected chi connectivity index (χ0v) is 13.2. The molecule has 21 heavy (non-hydrogen) atoms. The van der Waals surface area contributed by atoms with E-state index in [1.165, 1.54) is 0 Å². The van der Waals surface area contributed by atoms with E-state index in [9.17, 15) is 13.2 Å². The maximum Gasteiger partial charge on any atom is 0.237 e. The molecular weight excluding hydrogens is 290 g/mol. The lowest BCUT2D eigenvalue weighted by molar-refractivity contribution is -0.123. The van der Waals surface area contributed by atoms with E-state index in [2.05, 4.69) is 10.6 Å². The monoisotopic (exact) mass is 315 g/mol. The van der Waals surface area contributed by atoms with Crippen LogP contribution in [0.4, 0.5) is 0 Å². The third-order valence-electron chi connectivity index (χ3n) is 4.73. The first-order chi connectivity index (χ1) is 10.1. The Balaban J connectivity index is 1.48.